The Balaban J connectivity index is 1.46. The van der Waals surface area contributed by atoms with Crippen LogP contribution in [0.1, 0.15) is 11.1 Å². The maximum Gasteiger partial charge on any atom is 0.150 e. The first-order valence-electron chi connectivity index (χ1n) is 10.6. The lowest BCUT2D eigenvalue weighted by atomic mass is 9.98. The van der Waals surface area contributed by atoms with Crippen molar-refractivity contribution in [3.05, 3.63) is 120 Å². The second-order valence-electron chi connectivity index (χ2n) is 7.70. The van der Waals surface area contributed by atoms with Gasteiger partial charge in [0.1, 0.15) is 0 Å². The van der Waals surface area contributed by atoms with Crippen molar-refractivity contribution in [2.45, 2.75) is 12.8 Å². The lowest BCUT2D eigenvalue weighted by Crippen LogP contribution is -2.15. The second-order valence-corrected chi connectivity index (χ2v) is 10.0. The largest absolute Gasteiger partial charge is 0.229 e. The average molecular weight is 427 g/mol. The van der Waals surface area contributed by atoms with Crippen molar-refractivity contribution in [2.75, 3.05) is 11.5 Å². The zero-order valence-corrected chi connectivity index (χ0v) is 18.3. The number of hydrogen-bond acceptors (Lipinski definition) is 2. The molecule has 3 heteroatoms. The Morgan fingerprint density at radius 2 is 0.806 bits per heavy atom. The molecule has 0 amide bonds. The van der Waals surface area contributed by atoms with Crippen LogP contribution in [0.4, 0.5) is 0 Å². The lowest BCUT2D eigenvalue weighted by Gasteiger charge is -2.12. The van der Waals surface area contributed by atoms with Crippen molar-refractivity contribution in [2.24, 2.45) is 0 Å². The number of hydrogen-bond donors (Lipinski definition) is 0. The van der Waals surface area contributed by atoms with E-state index in [0.29, 0.717) is 12.8 Å². The van der Waals surface area contributed by atoms with Crippen LogP contribution in [0.25, 0.3) is 22.3 Å². The van der Waals surface area contributed by atoms with Crippen LogP contribution in [0.3, 0.4) is 0 Å². The molecule has 0 spiro atoms. The Morgan fingerprint density at radius 1 is 0.452 bits per heavy atom. The summed E-state index contributed by atoms with van der Waals surface area (Å²) >= 11 is 0. The third-order valence-electron chi connectivity index (χ3n) is 5.57. The maximum absolute atomic E-state index is 12.9. The molecular weight excluding hydrogens is 400 g/mol. The molecule has 0 aliphatic heterocycles. The van der Waals surface area contributed by atoms with Gasteiger partial charge in [-0.15, -0.1) is 0 Å². The van der Waals surface area contributed by atoms with E-state index in [0.717, 1.165) is 33.4 Å². The molecule has 4 aromatic carbocycles. The molecular formula is C28H26O2S. The molecule has 0 aromatic heterocycles. The summed E-state index contributed by atoms with van der Waals surface area (Å²) in [6, 6.07) is 36.4. The van der Waals surface area contributed by atoms with Gasteiger partial charge in [0.25, 0.3) is 0 Å². The highest BCUT2D eigenvalue weighted by Crippen LogP contribution is 2.26. The Kier molecular flexibility index (Phi) is 6.63. The zero-order valence-electron chi connectivity index (χ0n) is 17.4. The van der Waals surface area contributed by atoms with Crippen LogP contribution >= 0.6 is 0 Å². The normalized spacial score (nSPS) is 11.4. The third-order valence-corrected chi connectivity index (χ3v) is 7.22. The van der Waals surface area contributed by atoms with Crippen molar-refractivity contribution in [1.82, 2.24) is 0 Å². The summed E-state index contributed by atoms with van der Waals surface area (Å²) in [6.45, 7) is 0. The van der Waals surface area contributed by atoms with E-state index >= 15 is 0 Å². The van der Waals surface area contributed by atoms with E-state index in [9.17, 15) is 8.42 Å². The maximum atomic E-state index is 12.9. The van der Waals surface area contributed by atoms with Gasteiger partial charge in [0.15, 0.2) is 9.84 Å². The van der Waals surface area contributed by atoms with Gasteiger partial charge >= 0.3 is 0 Å². The molecule has 0 aliphatic rings. The molecule has 0 bridgehead atoms. The minimum atomic E-state index is -3.18. The minimum Gasteiger partial charge on any atom is -0.229 e. The molecule has 0 aliphatic carbocycles. The molecule has 0 N–H and O–H groups in total. The van der Waals surface area contributed by atoms with Crippen LogP contribution in [0.5, 0.6) is 0 Å². The summed E-state index contributed by atoms with van der Waals surface area (Å²) < 4.78 is 25.7. The average Bonchev–Trinajstić information content (AvgIpc) is 2.83. The first kappa shape index (κ1) is 21.1. The monoisotopic (exact) mass is 426 g/mol. The molecule has 0 unspecified atom stereocenters. The molecule has 0 fully saturated rings. The van der Waals surface area contributed by atoms with Crippen LogP contribution in [0.15, 0.2) is 109 Å². The molecule has 0 heterocycles. The predicted octanol–water partition coefficient (Wildman–Crippen LogP) is 6.22. The Bertz CT molecular complexity index is 1140. The highest BCUT2D eigenvalue weighted by atomic mass is 32.2. The van der Waals surface area contributed by atoms with E-state index in [2.05, 4.69) is 36.4 Å². The number of benzene rings is 4. The van der Waals surface area contributed by atoms with Gasteiger partial charge in [-0.25, -0.2) is 8.42 Å². The molecule has 4 aromatic rings. The fourth-order valence-electron chi connectivity index (χ4n) is 3.91. The molecule has 4 rings (SSSR count). The molecule has 0 atom stereocenters. The highest BCUT2D eigenvalue weighted by Gasteiger charge is 2.15. The first-order valence-corrected chi connectivity index (χ1v) is 12.4. The summed E-state index contributed by atoms with van der Waals surface area (Å²) in [6.07, 6.45) is 1.04. The molecule has 31 heavy (non-hydrogen) atoms. The summed E-state index contributed by atoms with van der Waals surface area (Å²) in [7, 11) is -3.18. The van der Waals surface area contributed by atoms with Crippen molar-refractivity contribution >= 4 is 9.84 Å². The summed E-state index contributed by atoms with van der Waals surface area (Å²) in [5.41, 5.74) is 6.59. The van der Waals surface area contributed by atoms with Crippen LogP contribution in [0.2, 0.25) is 0 Å². The minimum absolute atomic E-state index is 0.157. The van der Waals surface area contributed by atoms with Crippen LogP contribution in [-0.2, 0) is 22.7 Å². The van der Waals surface area contributed by atoms with E-state index in [1.807, 2.05) is 72.8 Å². The highest BCUT2D eigenvalue weighted by molar-refractivity contribution is 7.91. The van der Waals surface area contributed by atoms with Gasteiger partial charge in [-0.1, -0.05) is 109 Å². The molecule has 156 valence electrons. The van der Waals surface area contributed by atoms with Crippen LogP contribution in [0, 0.1) is 0 Å². The Hall–Kier alpha value is -3.17. The van der Waals surface area contributed by atoms with Crippen molar-refractivity contribution in [3.8, 4) is 22.3 Å². The first-order chi connectivity index (χ1) is 15.1. The van der Waals surface area contributed by atoms with Gasteiger partial charge in [0.2, 0.25) is 0 Å². The van der Waals surface area contributed by atoms with E-state index in [1.165, 1.54) is 0 Å². The Morgan fingerprint density at radius 3 is 1.23 bits per heavy atom. The standard InChI is InChI=1S/C28H26O2S/c29-31(30,21-19-25-15-7-9-17-27(25)23-11-3-1-4-12-23)22-20-26-16-8-10-18-28(26)24-13-5-2-6-14-24/h1-18H,19-22H2. The van der Waals surface area contributed by atoms with Gasteiger partial charge in [-0.05, 0) is 46.2 Å². The number of aryl methyl sites for hydroxylation is 2. The van der Waals surface area contributed by atoms with Crippen molar-refractivity contribution < 1.29 is 8.42 Å². The fourth-order valence-corrected chi connectivity index (χ4v) is 5.17. The van der Waals surface area contributed by atoms with Crippen LogP contribution in [-0.4, -0.2) is 19.9 Å². The zero-order chi connectivity index (χ0) is 21.5. The smallest absolute Gasteiger partial charge is 0.150 e. The SMILES string of the molecule is O=S(=O)(CCc1ccccc1-c1ccccc1)CCc1ccccc1-c1ccccc1. The van der Waals surface area contributed by atoms with E-state index < -0.39 is 9.84 Å². The Labute approximate surface area is 185 Å². The van der Waals surface area contributed by atoms with Gasteiger partial charge in [0, 0.05) is 0 Å². The second kappa shape index (κ2) is 9.76. The summed E-state index contributed by atoms with van der Waals surface area (Å²) in [5.74, 6) is 0.314. The van der Waals surface area contributed by atoms with E-state index in [1.54, 1.807) is 0 Å². The van der Waals surface area contributed by atoms with Crippen molar-refractivity contribution in [1.29, 1.82) is 0 Å². The number of sulfone groups is 1. The quantitative estimate of drug-likeness (QED) is 0.335. The van der Waals surface area contributed by atoms with Gasteiger partial charge in [-0.2, -0.15) is 0 Å². The predicted molar refractivity (Wildman–Crippen MR) is 130 cm³/mol. The summed E-state index contributed by atoms with van der Waals surface area (Å²) in [4.78, 5) is 0. The van der Waals surface area contributed by atoms with Crippen LogP contribution < -0.4 is 0 Å². The van der Waals surface area contributed by atoms with Gasteiger partial charge in [-0.3, -0.25) is 0 Å². The topological polar surface area (TPSA) is 34.1 Å². The molecule has 0 saturated heterocycles. The molecule has 0 saturated carbocycles. The third kappa shape index (κ3) is 5.50. The van der Waals surface area contributed by atoms with Crippen molar-refractivity contribution in [3.63, 3.8) is 0 Å². The molecule has 2 nitrogen and oxygen atoms in total. The van der Waals surface area contributed by atoms with E-state index in [4.69, 9.17) is 0 Å². The van der Waals surface area contributed by atoms with E-state index in [-0.39, 0.29) is 11.5 Å². The fraction of sp³-hybridized carbons (Fsp3) is 0.143. The number of rotatable bonds is 8. The van der Waals surface area contributed by atoms with Gasteiger partial charge < -0.3 is 0 Å². The van der Waals surface area contributed by atoms with Gasteiger partial charge in [0.05, 0.1) is 11.5 Å². The molecule has 0 radical (unpaired) electrons. The summed E-state index contributed by atoms with van der Waals surface area (Å²) in [5, 5.41) is 0. The lowest BCUT2D eigenvalue weighted by molar-refractivity contribution is 0.594.